The van der Waals surface area contributed by atoms with E-state index in [9.17, 15) is 19.2 Å². The summed E-state index contributed by atoms with van der Waals surface area (Å²) in [4.78, 5) is 55.7. The number of amides is 3. The molecule has 1 fully saturated rings. The van der Waals surface area contributed by atoms with Crippen LogP contribution in [0.4, 0.5) is 11.4 Å². The van der Waals surface area contributed by atoms with Gasteiger partial charge in [-0.3, -0.25) is 23.7 Å². The lowest BCUT2D eigenvalue weighted by Gasteiger charge is -2.30. The Morgan fingerprint density at radius 2 is 1.50 bits per heavy atom. The van der Waals surface area contributed by atoms with E-state index in [0.29, 0.717) is 37.8 Å². The highest BCUT2D eigenvalue weighted by Crippen LogP contribution is 2.54. The number of carbonyl (C=O) groups excluding carboxylic acids is 3. The number of imide groups is 1. The van der Waals surface area contributed by atoms with E-state index in [1.54, 1.807) is 74.9 Å². The highest BCUT2D eigenvalue weighted by molar-refractivity contribution is 8.00. The Hall–Kier alpha value is -4.06. The third kappa shape index (κ3) is 4.97. The summed E-state index contributed by atoms with van der Waals surface area (Å²) in [6.45, 7) is -0.253. The second-order valence-electron chi connectivity index (χ2n) is 9.70. The minimum atomic E-state index is -0.793. The summed E-state index contributed by atoms with van der Waals surface area (Å²) >= 11 is 8.10. The summed E-state index contributed by atoms with van der Waals surface area (Å²) < 4.78 is 11.9. The highest BCUT2D eigenvalue weighted by atomic mass is 35.5. The van der Waals surface area contributed by atoms with E-state index in [4.69, 9.17) is 21.1 Å². The number of rotatable bonds is 7. The molecular formula is C30H24ClN3O6S2. The fraction of sp³-hybridized carbons (Fsp3) is 0.200. The van der Waals surface area contributed by atoms with Crippen molar-refractivity contribution >= 4 is 63.8 Å². The van der Waals surface area contributed by atoms with Crippen LogP contribution in [0.2, 0.25) is 5.02 Å². The maximum atomic E-state index is 14.0. The highest BCUT2D eigenvalue weighted by Gasteiger charge is 2.56. The van der Waals surface area contributed by atoms with Gasteiger partial charge in [0.1, 0.15) is 23.3 Å². The van der Waals surface area contributed by atoms with Gasteiger partial charge in [-0.25, -0.2) is 4.90 Å². The minimum Gasteiger partial charge on any atom is -0.497 e. The maximum Gasteiger partial charge on any atom is 0.308 e. The number of methoxy groups -OCH3 is 2. The molecule has 0 bridgehead atoms. The summed E-state index contributed by atoms with van der Waals surface area (Å²) in [6, 6.07) is 20.6. The van der Waals surface area contributed by atoms with E-state index >= 15 is 0 Å². The van der Waals surface area contributed by atoms with Gasteiger partial charge in [-0.1, -0.05) is 46.8 Å². The smallest absolute Gasteiger partial charge is 0.308 e. The van der Waals surface area contributed by atoms with Crippen LogP contribution in [-0.4, -0.2) is 41.8 Å². The number of hydrogen-bond donors (Lipinski definition) is 1. The van der Waals surface area contributed by atoms with Gasteiger partial charge in [0, 0.05) is 21.5 Å². The number of ether oxygens (including phenoxy) is 2. The number of carbonyl (C=O) groups is 3. The van der Waals surface area contributed by atoms with Crippen molar-refractivity contribution in [2.75, 3.05) is 24.4 Å². The predicted molar refractivity (Wildman–Crippen MR) is 162 cm³/mol. The molecule has 1 aromatic heterocycles. The Morgan fingerprint density at radius 3 is 2.12 bits per heavy atom. The fourth-order valence-electron chi connectivity index (χ4n) is 5.29. The molecule has 1 saturated heterocycles. The first-order valence-corrected chi connectivity index (χ1v) is 15.0. The van der Waals surface area contributed by atoms with E-state index in [1.807, 2.05) is 12.1 Å². The molecule has 2 aliphatic rings. The van der Waals surface area contributed by atoms with Crippen LogP contribution in [0.15, 0.2) is 82.6 Å². The molecular weight excluding hydrogens is 598 g/mol. The zero-order chi connectivity index (χ0) is 29.5. The number of nitrogens with zero attached hydrogens (tertiary/aromatic N) is 2. The third-order valence-electron chi connectivity index (χ3n) is 7.28. The molecule has 12 heteroatoms. The summed E-state index contributed by atoms with van der Waals surface area (Å²) in [5.41, 5.74) is 1.75. The van der Waals surface area contributed by atoms with Crippen LogP contribution < -0.4 is 24.6 Å². The van der Waals surface area contributed by atoms with Crippen molar-refractivity contribution in [1.82, 2.24) is 4.57 Å². The molecule has 0 saturated carbocycles. The standard InChI is InChI=1S/C30H24ClN3O6S2/c1-39-20-11-3-16(4-12-20)23-24-25(28(37)34(27(24)36)19-9-13-21(40-2)14-10-19)41-29-26(23)42-30(38)33(29)15-22(35)32-18-7-5-17(31)6-8-18/h3-14,23-25H,15H2,1-2H3,(H,32,35)/t23-,24?,25?/m1/s1. The largest absolute Gasteiger partial charge is 0.497 e. The van der Waals surface area contributed by atoms with Gasteiger partial charge in [0.25, 0.3) is 0 Å². The SMILES string of the molecule is COc1ccc([C@H]2c3sc(=O)n(CC(=O)Nc4ccc(Cl)cc4)c3SC3C(=O)N(c4ccc(OC)cc4)C(=O)C32)cc1. The van der Waals surface area contributed by atoms with Gasteiger partial charge >= 0.3 is 4.87 Å². The predicted octanol–water partition coefficient (Wildman–Crippen LogP) is 5.01. The average molecular weight is 622 g/mol. The Kier molecular flexibility index (Phi) is 7.56. The number of fused-ring (bicyclic) bond motifs is 2. The summed E-state index contributed by atoms with van der Waals surface area (Å²) in [7, 11) is 3.10. The van der Waals surface area contributed by atoms with Gasteiger partial charge in [-0.05, 0) is 66.2 Å². The van der Waals surface area contributed by atoms with E-state index in [1.165, 1.54) is 9.47 Å². The Labute approximate surface area is 254 Å². The first-order valence-electron chi connectivity index (χ1n) is 12.9. The lowest BCUT2D eigenvalue weighted by Crippen LogP contribution is -2.33. The van der Waals surface area contributed by atoms with Gasteiger partial charge in [-0.2, -0.15) is 0 Å². The maximum absolute atomic E-state index is 14.0. The first-order chi connectivity index (χ1) is 20.3. The number of halogens is 1. The van der Waals surface area contributed by atoms with Gasteiger partial charge in [-0.15, -0.1) is 0 Å². The Balaban J connectivity index is 1.40. The van der Waals surface area contributed by atoms with Crippen molar-refractivity contribution in [1.29, 1.82) is 0 Å². The van der Waals surface area contributed by atoms with Crippen molar-refractivity contribution < 1.29 is 23.9 Å². The Bertz CT molecular complexity index is 1730. The topological polar surface area (TPSA) is 107 Å². The molecule has 42 heavy (non-hydrogen) atoms. The lowest BCUT2D eigenvalue weighted by atomic mass is 9.83. The Morgan fingerprint density at radius 1 is 0.881 bits per heavy atom. The normalized spacial score (nSPS) is 19.3. The number of anilines is 2. The minimum absolute atomic E-state index is 0.253. The van der Waals surface area contributed by atoms with Crippen LogP contribution >= 0.6 is 34.7 Å². The molecule has 6 rings (SSSR count). The molecule has 3 aromatic carbocycles. The fourth-order valence-corrected chi connectivity index (χ4v) is 8.19. The van der Waals surface area contributed by atoms with Gasteiger partial charge in [0.15, 0.2) is 0 Å². The first kappa shape index (κ1) is 28.1. The quantitative estimate of drug-likeness (QED) is 0.289. The van der Waals surface area contributed by atoms with Crippen molar-refractivity contribution in [3.05, 3.63) is 97.9 Å². The second kappa shape index (κ2) is 11.3. The van der Waals surface area contributed by atoms with E-state index in [2.05, 4.69) is 5.32 Å². The molecule has 1 N–H and O–H groups in total. The molecule has 0 aliphatic carbocycles. The number of hydrogen-bond acceptors (Lipinski definition) is 8. The van der Waals surface area contributed by atoms with Crippen molar-refractivity contribution in [2.24, 2.45) is 5.92 Å². The molecule has 3 atom stereocenters. The molecule has 214 valence electrons. The number of thiazole rings is 1. The van der Waals surface area contributed by atoms with Crippen LogP contribution in [0.3, 0.4) is 0 Å². The van der Waals surface area contributed by atoms with Crippen LogP contribution in [0.5, 0.6) is 11.5 Å². The monoisotopic (exact) mass is 621 g/mol. The van der Waals surface area contributed by atoms with Crippen LogP contribution in [0, 0.1) is 5.92 Å². The second-order valence-corrected chi connectivity index (χ2v) is 12.3. The van der Waals surface area contributed by atoms with Crippen LogP contribution in [-0.2, 0) is 20.9 Å². The van der Waals surface area contributed by atoms with Crippen molar-refractivity contribution in [3.63, 3.8) is 0 Å². The summed E-state index contributed by atoms with van der Waals surface area (Å²) in [5, 5.41) is 3.03. The zero-order valence-electron chi connectivity index (χ0n) is 22.4. The molecule has 3 amide bonds. The van der Waals surface area contributed by atoms with Gasteiger partial charge in [0.2, 0.25) is 17.7 Å². The van der Waals surface area contributed by atoms with Gasteiger partial charge in [0.05, 0.1) is 30.9 Å². The number of aromatic nitrogens is 1. The van der Waals surface area contributed by atoms with E-state index in [-0.39, 0.29) is 23.2 Å². The van der Waals surface area contributed by atoms with Crippen molar-refractivity contribution in [2.45, 2.75) is 22.7 Å². The lowest BCUT2D eigenvalue weighted by molar-refractivity contribution is -0.122. The molecule has 0 radical (unpaired) electrons. The molecule has 2 aliphatic heterocycles. The summed E-state index contributed by atoms with van der Waals surface area (Å²) in [5.74, 6) is -1.21. The zero-order valence-corrected chi connectivity index (χ0v) is 24.8. The van der Waals surface area contributed by atoms with E-state index < -0.39 is 23.0 Å². The average Bonchev–Trinajstić information content (AvgIpc) is 3.44. The summed E-state index contributed by atoms with van der Waals surface area (Å²) in [6.07, 6.45) is 0. The molecule has 0 spiro atoms. The number of nitrogens with one attached hydrogen (secondary N) is 1. The molecule has 9 nitrogen and oxygen atoms in total. The molecule has 3 heterocycles. The number of benzene rings is 3. The van der Waals surface area contributed by atoms with Gasteiger partial charge < -0.3 is 14.8 Å². The van der Waals surface area contributed by atoms with Crippen molar-refractivity contribution in [3.8, 4) is 11.5 Å². The third-order valence-corrected chi connectivity index (χ3v) is 10.1. The van der Waals surface area contributed by atoms with Crippen LogP contribution in [0.25, 0.3) is 0 Å². The molecule has 4 aromatic rings. The van der Waals surface area contributed by atoms with E-state index in [0.717, 1.165) is 28.7 Å². The van der Waals surface area contributed by atoms with Crippen LogP contribution in [0.1, 0.15) is 16.4 Å². The molecule has 2 unspecified atom stereocenters. The number of thioether (sulfide) groups is 1.